The average molecular weight is 322 g/mol. The smallest absolute Gasteiger partial charge is 0.254 e. The van der Waals surface area contributed by atoms with Gasteiger partial charge in [0.05, 0.1) is 6.04 Å². The SMILES string of the molecule is C[C@@H](c1ccccc1)N(C)C(=O)c1ccc(NC(=O)C2CC2)cc1. The van der Waals surface area contributed by atoms with E-state index in [2.05, 4.69) is 5.32 Å². The highest BCUT2D eigenvalue weighted by atomic mass is 16.2. The molecule has 24 heavy (non-hydrogen) atoms. The lowest BCUT2D eigenvalue weighted by Crippen LogP contribution is -2.29. The van der Waals surface area contributed by atoms with Crippen molar-refractivity contribution in [2.24, 2.45) is 5.92 Å². The third-order valence-electron chi connectivity index (χ3n) is 4.53. The van der Waals surface area contributed by atoms with Crippen LogP contribution >= 0.6 is 0 Å². The summed E-state index contributed by atoms with van der Waals surface area (Å²) in [5.74, 6) is 0.208. The van der Waals surface area contributed by atoms with E-state index < -0.39 is 0 Å². The maximum Gasteiger partial charge on any atom is 0.254 e. The predicted molar refractivity (Wildman–Crippen MR) is 94.7 cm³/mol. The lowest BCUT2D eigenvalue weighted by Gasteiger charge is -2.25. The molecule has 0 aliphatic heterocycles. The fourth-order valence-electron chi connectivity index (χ4n) is 2.62. The molecule has 124 valence electrons. The van der Waals surface area contributed by atoms with Crippen LogP contribution in [0.2, 0.25) is 0 Å². The molecule has 0 spiro atoms. The van der Waals surface area contributed by atoms with Crippen LogP contribution < -0.4 is 5.32 Å². The van der Waals surface area contributed by atoms with Crippen molar-refractivity contribution < 1.29 is 9.59 Å². The monoisotopic (exact) mass is 322 g/mol. The van der Waals surface area contributed by atoms with Gasteiger partial charge in [0.25, 0.3) is 5.91 Å². The van der Waals surface area contributed by atoms with Crippen molar-refractivity contribution in [1.82, 2.24) is 4.90 Å². The van der Waals surface area contributed by atoms with Gasteiger partial charge in [-0.15, -0.1) is 0 Å². The van der Waals surface area contributed by atoms with Crippen molar-refractivity contribution in [2.45, 2.75) is 25.8 Å². The van der Waals surface area contributed by atoms with E-state index in [1.165, 1.54) is 0 Å². The van der Waals surface area contributed by atoms with Crippen molar-refractivity contribution in [2.75, 3.05) is 12.4 Å². The number of rotatable bonds is 5. The molecule has 0 radical (unpaired) electrons. The minimum Gasteiger partial charge on any atom is -0.335 e. The van der Waals surface area contributed by atoms with Crippen LogP contribution in [0.15, 0.2) is 54.6 Å². The summed E-state index contributed by atoms with van der Waals surface area (Å²) >= 11 is 0. The zero-order valence-corrected chi connectivity index (χ0v) is 14.0. The summed E-state index contributed by atoms with van der Waals surface area (Å²) in [7, 11) is 1.81. The molecule has 1 aliphatic rings. The minimum atomic E-state index is -0.0357. The molecule has 0 bridgehead atoms. The maximum absolute atomic E-state index is 12.6. The van der Waals surface area contributed by atoms with Gasteiger partial charge in [-0.05, 0) is 49.6 Å². The number of hydrogen-bond acceptors (Lipinski definition) is 2. The molecular formula is C20H22N2O2. The molecule has 1 saturated carbocycles. The normalized spacial score (nSPS) is 14.8. The Morgan fingerprint density at radius 2 is 1.67 bits per heavy atom. The summed E-state index contributed by atoms with van der Waals surface area (Å²) in [6.45, 7) is 2.01. The highest BCUT2D eigenvalue weighted by Crippen LogP contribution is 2.30. The first-order chi connectivity index (χ1) is 11.6. The summed E-state index contributed by atoms with van der Waals surface area (Å²) in [5, 5.41) is 2.88. The average Bonchev–Trinajstić information content (AvgIpc) is 3.46. The fraction of sp³-hybridized carbons (Fsp3) is 0.300. The fourth-order valence-corrected chi connectivity index (χ4v) is 2.62. The van der Waals surface area contributed by atoms with Gasteiger partial charge in [-0.25, -0.2) is 0 Å². The lowest BCUT2D eigenvalue weighted by molar-refractivity contribution is -0.117. The highest BCUT2D eigenvalue weighted by molar-refractivity contribution is 5.96. The van der Waals surface area contributed by atoms with Crippen LogP contribution in [0.25, 0.3) is 0 Å². The molecule has 1 N–H and O–H groups in total. The van der Waals surface area contributed by atoms with Gasteiger partial charge in [-0.1, -0.05) is 30.3 Å². The Morgan fingerprint density at radius 3 is 2.25 bits per heavy atom. The van der Waals surface area contributed by atoms with Crippen LogP contribution in [0, 0.1) is 5.92 Å². The Balaban J connectivity index is 1.66. The number of anilines is 1. The zero-order valence-electron chi connectivity index (χ0n) is 14.0. The molecule has 1 aliphatic carbocycles. The molecule has 4 nitrogen and oxygen atoms in total. The number of carbonyl (C=O) groups is 2. The van der Waals surface area contributed by atoms with Crippen molar-refractivity contribution in [3.63, 3.8) is 0 Å². The Bertz CT molecular complexity index is 721. The van der Waals surface area contributed by atoms with Crippen LogP contribution in [0.4, 0.5) is 5.69 Å². The molecule has 3 rings (SSSR count). The van der Waals surface area contributed by atoms with Crippen molar-refractivity contribution >= 4 is 17.5 Å². The molecule has 0 heterocycles. The quantitative estimate of drug-likeness (QED) is 0.908. The van der Waals surface area contributed by atoms with E-state index >= 15 is 0 Å². The number of amides is 2. The first-order valence-electron chi connectivity index (χ1n) is 8.29. The largest absolute Gasteiger partial charge is 0.335 e. The molecule has 0 saturated heterocycles. The van der Waals surface area contributed by atoms with Crippen molar-refractivity contribution in [3.8, 4) is 0 Å². The minimum absolute atomic E-state index is 0.00653. The summed E-state index contributed by atoms with van der Waals surface area (Å²) in [6.07, 6.45) is 1.95. The number of hydrogen-bond donors (Lipinski definition) is 1. The summed E-state index contributed by atoms with van der Waals surface area (Å²) in [6, 6.07) is 17.0. The van der Waals surface area contributed by atoms with Crippen molar-refractivity contribution in [3.05, 3.63) is 65.7 Å². The Morgan fingerprint density at radius 1 is 1.04 bits per heavy atom. The van der Waals surface area contributed by atoms with Gasteiger partial charge in [-0.3, -0.25) is 9.59 Å². The Kier molecular flexibility index (Phi) is 4.65. The summed E-state index contributed by atoms with van der Waals surface area (Å²) in [4.78, 5) is 26.1. The molecule has 0 unspecified atom stereocenters. The lowest BCUT2D eigenvalue weighted by atomic mass is 10.1. The number of carbonyl (C=O) groups excluding carboxylic acids is 2. The maximum atomic E-state index is 12.6. The zero-order chi connectivity index (χ0) is 17.1. The second kappa shape index (κ2) is 6.87. The molecular weight excluding hydrogens is 300 g/mol. The number of nitrogens with one attached hydrogen (secondary N) is 1. The standard InChI is InChI=1S/C20H22N2O2/c1-14(15-6-4-3-5-7-15)22(2)20(24)17-10-12-18(13-11-17)21-19(23)16-8-9-16/h3-7,10-14,16H,8-9H2,1-2H3,(H,21,23)/t14-/m0/s1. The Labute approximate surface area is 142 Å². The molecule has 4 heteroatoms. The van der Waals surface area contributed by atoms with Gasteiger partial charge in [0, 0.05) is 24.2 Å². The van der Waals surface area contributed by atoms with E-state index in [1.54, 1.807) is 29.2 Å². The van der Waals surface area contributed by atoms with Gasteiger partial charge in [-0.2, -0.15) is 0 Å². The van der Waals surface area contributed by atoms with E-state index in [1.807, 2.05) is 44.3 Å². The highest BCUT2D eigenvalue weighted by Gasteiger charge is 2.29. The summed E-state index contributed by atoms with van der Waals surface area (Å²) < 4.78 is 0. The molecule has 2 aromatic carbocycles. The molecule has 1 fully saturated rings. The molecule has 2 aromatic rings. The summed E-state index contributed by atoms with van der Waals surface area (Å²) in [5.41, 5.74) is 2.45. The van der Waals surface area contributed by atoms with Crippen LogP contribution in [0.5, 0.6) is 0 Å². The molecule has 2 amide bonds. The van der Waals surface area contributed by atoms with Gasteiger partial charge in [0.1, 0.15) is 0 Å². The Hall–Kier alpha value is -2.62. The van der Waals surface area contributed by atoms with E-state index in [4.69, 9.17) is 0 Å². The van der Waals surface area contributed by atoms with Crippen LogP contribution in [0.3, 0.4) is 0 Å². The first kappa shape index (κ1) is 16.2. The van der Waals surface area contributed by atoms with Crippen molar-refractivity contribution in [1.29, 1.82) is 0 Å². The van der Waals surface area contributed by atoms with Crippen LogP contribution in [-0.2, 0) is 4.79 Å². The van der Waals surface area contributed by atoms with E-state index in [-0.39, 0.29) is 23.8 Å². The first-order valence-corrected chi connectivity index (χ1v) is 8.29. The third kappa shape index (κ3) is 3.65. The predicted octanol–water partition coefficient (Wildman–Crippen LogP) is 3.87. The van der Waals surface area contributed by atoms with E-state index in [9.17, 15) is 9.59 Å². The second-order valence-corrected chi connectivity index (χ2v) is 6.34. The van der Waals surface area contributed by atoms with Gasteiger partial charge in [0.2, 0.25) is 5.91 Å². The molecule has 1 atom stereocenters. The molecule has 0 aromatic heterocycles. The van der Waals surface area contributed by atoms with E-state index in [0.717, 1.165) is 24.1 Å². The number of benzene rings is 2. The van der Waals surface area contributed by atoms with Crippen LogP contribution in [-0.4, -0.2) is 23.8 Å². The van der Waals surface area contributed by atoms with Crippen LogP contribution in [0.1, 0.15) is 41.7 Å². The second-order valence-electron chi connectivity index (χ2n) is 6.34. The van der Waals surface area contributed by atoms with Gasteiger partial charge < -0.3 is 10.2 Å². The number of nitrogens with zero attached hydrogens (tertiary/aromatic N) is 1. The van der Waals surface area contributed by atoms with Gasteiger partial charge in [0.15, 0.2) is 0 Å². The topological polar surface area (TPSA) is 49.4 Å². The van der Waals surface area contributed by atoms with E-state index in [0.29, 0.717) is 5.56 Å². The third-order valence-corrected chi connectivity index (χ3v) is 4.53. The van der Waals surface area contributed by atoms with Gasteiger partial charge >= 0.3 is 0 Å².